The molecular weight excluding hydrogens is 316 g/mol. The Balaban J connectivity index is 1.50. The fourth-order valence-electron chi connectivity index (χ4n) is 2.41. The van der Waals surface area contributed by atoms with Gasteiger partial charge in [-0.05, 0) is 18.2 Å². The van der Waals surface area contributed by atoms with Crippen molar-refractivity contribution in [1.82, 2.24) is 14.0 Å². The highest BCUT2D eigenvalue weighted by atomic mass is 32.2. The second kappa shape index (κ2) is 7.22. The summed E-state index contributed by atoms with van der Waals surface area (Å²) in [5, 5.41) is 4.21. The van der Waals surface area contributed by atoms with Gasteiger partial charge in [-0.15, -0.1) is 0 Å². The van der Waals surface area contributed by atoms with Gasteiger partial charge in [-0.1, -0.05) is 18.2 Å². The summed E-state index contributed by atoms with van der Waals surface area (Å²) < 4.78 is 33.3. The first kappa shape index (κ1) is 16.1. The van der Waals surface area contributed by atoms with Crippen molar-refractivity contribution < 1.29 is 13.2 Å². The number of hydrogen-bond acceptors (Lipinski definition) is 5. The van der Waals surface area contributed by atoms with E-state index in [1.54, 1.807) is 0 Å². The molecule has 0 saturated carbocycles. The molecule has 0 radical (unpaired) electrons. The Morgan fingerprint density at radius 2 is 1.87 bits per heavy atom. The van der Waals surface area contributed by atoms with Crippen LogP contribution in [0.3, 0.4) is 0 Å². The Morgan fingerprint density at radius 3 is 2.70 bits per heavy atom. The minimum absolute atomic E-state index is 0.300. The highest BCUT2D eigenvalue weighted by Gasteiger charge is 2.23. The van der Waals surface area contributed by atoms with E-state index in [1.807, 2.05) is 36.4 Å². The predicted molar refractivity (Wildman–Crippen MR) is 89.5 cm³/mol. The second-order valence-electron chi connectivity index (χ2n) is 5.23. The minimum atomic E-state index is -3.43. The van der Waals surface area contributed by atoms with Crippen LogP contribution in [0.1, 0.15) is 0 Å². The summed E-state index contributed by atoms with van der Waals surface area (Å²) in [5.41, 5.74) is 0.909. The minimum Gasteiger partial charge on any atom is -0.379 e. The normalized spacial score (nSPS) is 16.5. The first-order valence-corrected chi connectivity index (χ1v) is 9.01. The number of pyridine rings is 1. The number of benzene rings is 1. The second-order valence-corrected chi connectivity index (χ2v) is 6.98. The van der Waals surface area contributed by atoms with Crippen LogP contribution >= 0.6 is 0 Å². The van der Waals surface area contributed by atoms with Gasteiger partial charge < -0.3 is 10.1 Å². The number of ether oxygens (including phenoxy) is 1. The van der Waals surface area contributed by atoms with E-state index in [1.165, 1.54) is 4.31 Å². The summed E-state index contributed by atoms with van der Waals surface area (Å²) in [7, 11) is -3.43. The molecule has 124 valence electrons. The molecule has 0 spiro atoms. The molecule has 1 aliphatic rings. The first-order chi connectivity index (χ1) is 11.1. The van der Waals surface area contributed by atoms with Crippen molar-refractivity contribution in [2.75, 3.05) is 44.7 Å². The van der Waals surface area contributed by atoms with Crippen molar-refractivity contribution in [2.24, 2.45) is 0 Å². The van der Waals surface area contributed by atoms with Gasteiger partial charge in [0.25, 0.3) is 10.2 Å². The van der Waals surface area contributed by atoms with E-state index in [0.717, 1.165) is 16.7 Å². The molecule has 0 aliphatic carbocycles. The summed E-state index contributed by atoms with van der Waals surface area (Å²) in [6.07, 6.45) is 0. The lowest BCUT2D eigenvalue weighted by atomic mass is 10.2. The van der Waals surface area contributed by atoms with Gasteiger partial charge in [0, 0.05) is 31.6 Å². The third-order valence-corrected chi connectivity index (χ3v) is 5.24. The van der Waals surface area contributed by atoms with E-state index in [4.69, 9.17) is 4.74 Å². The highest BCUT2D eigenvalue weighted by Crippen LogP contribution is 2.14. The molecule has 7 nitrogen and oxygen atoms in total. The van der Waals surface area contributed by atoms with Gasteiger partial charge in [0.2, 0.25) is 0 Å². The maximum absolute atomic E-state index is 12.1. The number of morpholine rings is 1. The molecule has 1 saturated heterocycles. The Hall–Kier alpha value is -1.74. The quantitative estimate of drug-likeness (QED) is 0.763. The van der Waals surface area contributed by atoms with Crippen LogP contribution in [0.25, 0.3) is 10.9 Å². The number of anilines is 1. The van der Waals surface area contributed by atoms with Crippen LogP contribution in [0.15, 0.2) is 36.4 Å². The van der Waals surface area contributed by atoms with Gasteiger partial charge in [0.05, 0.1) is 18.7 Å². The molecule has 1 aliphatic heterocycles. The Kier molecular flexibility index (Phi) is 5.06. The molecule has 1 fully saturated rings. The molecule has 0 atom stereocenters. The lowest BCUT2D eigenvalue weighted by Crippen LogP contribution is -2.47. The average molecular weight is 336 g/mol. The third-order valence-electron chi connectivity index (χ3n) is 3.62. The van der Waals surface area contributed by atoms with Crippen LogP contribution in [0, 0.1) is 0 Å². The molecule has 1 aromatic carbocycles. The lowest BCUT2D eigenvalue weighted by molar-refractivity contribution is 0.0725. The highest BCUT2D eigenvalue weighted by molar-refractivity contribution is 7.87. The SMILES string of the molecule is O=S(=O)(NCCNc1ccc2ccccc2n1)N1CCOCC1. The van der Waals surface area contributed by atoms with Crippen LogP contribution in [-0.2, 0) is 14.9 Å². The Morgan fingerprint density at radius 1 is 1.09 bits per heavy atom. The van der Waals surface area contributed by atoms with E-state index in [2.05, 4.69) is 15.0 Å². The maximum Gasteiger partial charge on any atom is 0.279 e. The van der Waals surface area contributed by atoms with Crippen molar-refractivity contribution in [1.29, 1.82) is 0 Å². The smallest absolute Gasteiger partial charge is 0.279 e. The number of hydrogen-bond donors (Lipinski definition) is 2. The van der Waals surface area contributed by atoms with Crippen molar-refractivity contribution in [3.05, 3.63) is 36.4 Å². The molecule has 3 rings (SSSR count). The zero-order valence-electron chi connectivity index (χ0n) is 12.7. The topological polar surface area (TPSA) is 83.6 Å². The standard InChI is InChI=1S/C15H20N4O3S/c20-23(21,19-9-11-22-12-10-19)17-8-7-16-15-6-5-13-3-1-2-4-14(13)18-15/h1-6,17H,7-12H2,(H,16,18). The van der Waals surface area contributed by atoms with Crippen molar-refractivity contribution in [2.45, 2.75) is 0 Å². The Labute approximate surface area is 135 Å². The van der Waals surface area contributed by atoms with Crippen molar-refractivity contribution in [3.8, 4) is 0 Å². The van der Waals surface area contributed by atoms with Gasteiger partial charge >= 0.3 is 0 Å². The molecule has 2 N–H and O–H groups in total. The molecule has 2 aromatic rings. The molecule has 8 heteroatoms. The molecule has 1 aromatic heterocycles. The van der Waals surface area contributed by atoms with Crippen LogP contribution < -0.4 is 10.0 Å². The molecule has 2 heterocycles. The monoisotopic (exact) mass is 336 g/mol. The number of nitrogens with zero attached hydrogens (tertiary/aromatic N) is 2. The van der Waals surface area contributed by atoms with Crippen molar-refractivity contribution >= 4 is 26.9 Å². The summed E-state index contributed by atoms with van der Waals surface area (Å²) in [4.78, 5) is 4.48. The Bertz CT molecular complexity index is 760. The van der Waals surface area contributed by atoms with E-state index in [9.17, 15) is 8.42 Å². The third kappa shape index (κ3) is 4.17. The number of para-hydroxylation sites is 1. The van der Waals surface area contributed by atoms with Crippen LogP contribution in [0.5, 0.6) is 0 Å². The fourth-order valence-corrected chi connectivity index (χ4v) is 3.59. The number of fused-ring (bicyclic) bond motifs is 1. The average Bonchev–Trinajstić information content (AvgIpc) is 2.59. The lowest BCUT2D eigenvalue weighted by Gasteiger charge is -2.26. The van der Waals surface area contributed by atoms with Gasteiger partial charge in [-0.25, -0.2) is 9.71 Å². The van der Waals surface area contributed by atoms with Crippen LogP contribution in [0.2, 0.25) is 0 Å². The first-order valence-electron chi connectivity index (χ1n) is 7.57. The molecule has 0 unspecified atom stereocenters. The van der Waals surface area contributed by atoms with E-state index >= 15 is 0 Å². The summed E-state index contributed by atoms with van der Waals surface area (Å²) >= 11 is 0. The molecule has 0 bridgehead atoms. The number of nitrogens with one attached hydrogen (secondary N) is 2. The van der Waals surface area contributed by atoms with Crippen molar-refractivity contribution in [3.63, 3.8) is 0 Å². The predicted octanol–water partition coefficient (Wildman–Crippen LogP) is 0.813. The molecule has 23 heavy (non-hydrogen) atoms. The van der Waals surface area contributed by atoms with Gasteiger partial charge in [0.1, 0.15) is 5.82 Å². The van der Waals surface area contributed by atoms with E-state index < -0.39 is 10.2 Å². The maximum atomic E-state index is 12.1. The summed E-state index contributed by atoms with van der Waals surface area (Å²) in [6.45, 7) is 2.45. The fraction of sp³-hybridized carbons (Fsp3) is 0.400. The number of aromatic nitrogens is 1. The zero-order valence-corrected chi connectivity index (χ0v) is 13.6. The zero-order chi connectivity index (χ0) is 16.1. The number of rotatable bonds is 6. The van der Waals surface area contributed by atoms with Gasteiger partial charge in [-0.3, -0.25) is 0 Å². The molecular formula is C15H20N4O3S. The summed E-state index contributed by atoms with van der Waals surface area (Å²) in [5.74, 6) is 0.731. The molecule has 0 amide bonds. The van der Waals surface area contributed by atoms with Gasteiger partial charge in [0.15, 0.2) is 0 Å². The van der Waals surface area contributed by atoms with E-state index in [-0.39, 0.29) is 0 Å². The van der Waals surface area contributed by atoms with E-state index in [0.29, 0.717) is 39.4 Å². The van der Waals surface area contributed by atoms with Crippen LogP contribution in [0.4, 0.5) is 5.82 Å². The van der Waals surface area contributed by atoms with Crippen LogP contribution in [-0.4, -0.2) is 57.1 Å². The summed E-state index contributed by atoms with van der Waals surface area (Å²) in [6, 6.07) is 11.7. The largest absolute Gasteiger partial charge is 0.379 e. The van der Waals surface area contributed by atoms with Gasteiger partial charge in [-0.2, -0.15) is 12.7 Å².